The zero-order chi connectivity index (χ0) is 14.7. The molecular formula is C16H22ClN3OS. The molecule has 2 aromatic rings. The molecule has 3 N–H and O–H groups in total. The first-order valence-corrected chi connectivity index (χ1v) is 8.41. The van der Waals surface area contributed by atoms with Crippen LogP contribution in [0.5, 0.6) is 0 Å². The molecule has 1 fully saturated rings. The second-order valence-electron chi connectivity index (χ2n) is 5.76. The van der Waals surface area contributed by atoms with Crippen LogP contribution in [-0.4, -0.2) is 16.9 Å². The second kappa shape index (κ2) is 7.90. The molecule has 1 aliphatic carbocycles. The van der Waals surface area contributed by atoms with Gasteiger partial charge in [-0.1, -0.05) is 25.0 Å². The van der Waals surface area contributed by atoms with Crippen molar-refractivity contribution >= 4 is 39.9 Å². The van der Waals surface area contributed by atoms with Crippen molar-refractivity contribution in [3.05, 3.63) is 29.3 Å². The number of amides is 1. The summed E-state index contributed by atoms with van der Waals surface area (Å²) in [5, 5.41) is 3.94. The molecule has 0 aliphatic heterocycles. The molecule has 3 rings (SSSR count). The van der Waals surface area contributed by atoms with Gasteiger partial charge in [0.1, 0.15) is 5.01 Å². The van der Waals surface area contributed by atoms with Gasteiger partial charge in [-0.2, -0.15) is 0 Å². The summed E-state index contributed by atoms with van der Waals surface area (Å²) < 4.78 is 1.16. The quantitative estimate of drug-likeness (QED) is 0.898. The predicted molar refractivity (Wildman–Crippen MR) is 93.3 cm³/mol. The average Bonchev–Trinajstić information content (AvgIpc) is 2.90. The first kappa shape index (κ1) is 17.2. The Morgan fingerprint density at radius 3 is 2.86 bits per heavy atom. The highest BCUT2D eigenvalue weighted by Gasteiger charge is 2.24. The summed E-state index contributed by atoms with van der Waals surface area (Å²) in [5.74, 6) is 0.436. The minimum Gasteiger partial charge on any atom is -0.350 e. The predicted octanol–water partition coefficient (Wildman–Crippen LogP) is 3.24. The number of nitrogens with one attached hydrogen (secondary N) is 1. The zero-order valence-corrected chi connectivity index (χ0v) is 14.1. The van der Waals surface area contributed by atoms with Gasteiger partial charge >= 0.3 is 0 Å². The van der Waals surface area contributed by atoms with Crippen molar-refractivity contribution in [3.8, 4) is 0 Å². The third-order valence-corrected chi connectivity index (χ3v) is 5.23. The molecule has 0 radical (unpaired) electrons. The van der Waals surface area contributed by atoms with E-state index in [0.717, 1.165) is 28.1 Å². The van der Waals surface area contributed by atoms with E-state index in [1.165, 1.54) is 12.8 Å². The number of carbonyl (C=O) groups excluding carboxylic acids is 1. The number of nitrogens with zero attached hydrogens (tertiary/aromatic N) is 1. The smallest absolute Gasteiger partial charge is 0.220 e. The molecule has 1 aliphatic rings. The fraction of sp³-hybridized carbons (Fsp3) is 0.500. The van der Waals surface area contributed by atoms with Crippen LogP contribution in [0.2, 0.25) is 0 Å². The minimum absolute atomic E-state index is 0. The van der Waals surface area contributed by atoms with Gasteiger partial charge in [-0.05, 0) is 30.9 Å². The third kappa shape index (κ3) is 4.18. The lowest BCUT2D eigenvalue weighted by Gasteiger charge is -2.27. The number of carbonyl (C=O) groups is 1. The summed E-state index contributed by atoms with van der Waals surface area (Å²) >= 11 is 1.64. The molecule has 0 spiro atoms. The van der Waals surface area contributed by atoms with Crippen LogP contribution in [0.4, 0.5) is 0 Å². The first-order chi connectivity index (χ1) is 10.2. The van der Waals surface area contributed by atoms with E-state index < -0.39 is 0 Å². The van der Waals surface area contributed by atoms with Gasteiger partial charge in [-0.3, -0.25) is 4.79 Å². The molecule has 6 heteroatoms. The molecule has 1 heterocycles. The molecule has 1 saturated carbocycles. The minimum atomic E-state index is 0. The molecule has 22 heavy (non-hydrogen) atoms. The Morgan fingerprint density at radius 1 is 1.32 bits per heavy atom. The molecule has 0 bridgehead atoms. The monoisotopic (exact) mass is 339 g/mol. The Morgan fingerprint density at radius 2 is 2.09 bits per heavy atom. The number of aromatic nitrogens is 1. The van der Waals surface area contributed by atoms with Crippen LogP contribution >= 0.6 is 23.7 Å². The molecule has 4 nitrogen and oxygen atoms in total. The fourth-order valence-electron chi connectivity index (χ4n) is 2.97. The molecule has 1 amide bonds. The normalized spacial score (nSPS) is 21.3. The number of fused-ring (bicyclic) bond motifs is 1. The van der Waals surface area contributed by atoms with Crippen molar-refractivity contribution in [1.82, 2.24) is 10.3 Å². The highest BCUT2D eigenvalue weighted by molar-refractivity contribution is 7.18. The van der Waals surface area contributed by atoms with Crippen LogP contribution in [0.3, 0.4) is 0 Å². The van der Waals surface area contributed by atoms with Crippen LogP contribution in [0.25, 0.3) is 10.2 Å². The lowest BCUT2D eigenvalue weighted by molar-refractivity contribution is -0.122. The number of rotatable bonds is 4. The molecule has 1 aromatic heterocycles. The second-order valence-corrected chi connectivity index (χ2v) is 6.88. The van der Waals surface area contributed by atoms with E-state index in [1.807, 2.05) is 18.2 Å². The van der Waals surface area contributed by atoms with Crippen LogP contribution in [0.15, 0.2) is 24.3 Å². The number of para-hydroxylation sites is 1. The van der Waals surface area contributed by atoms with Crippen LogP contribution < -0.4 is 11.1 Å². The fourth-order valence-corrected chi connectivity index (χ4v) is 3.88. The van der Waals surface area contributed by atoms with Gasteiger partial charge in [0, 0.05) is 12.5 Å². The highest BCUT2D eigenvalue weighted by Crippen LogP contribution is 2.26. The lowest BCUT2D eigenvalue weighted by atomic mass is 9.83. The summed E-state index contributed by atoms with van der Waals surface area (Å²) in [6.07, 6.45) is 5.08. The maximum atomic E-state index is 12.1. The molecule has 0 saturated heterocycles. The SMILES string of the molecule is Cl.NC1CCCCC1CC(=O)NCc1nc2ccccc2s1. The topological polar surface area (TPSA) is 68.0 Å². The Balaban J connectivity index is 0.00000176. The van der Waals surface area contributed by atoms with Gasteiger partial charge in [-0.15, -0.1) is 23.7 Å². The Kier molecular flexibility index (Phi) is 6.17. The van der Waals surface area contributed by atoms with Gasteiger partial charge in [0.15, 0.2) is 0 Å². The summed E-state index contributed by atoms with van der Waals surface area (Å²) in [4.78, 5) is 16.6. The van der Waals surface area contributed by atoms with Crippen LogP contribution in [0.1, 0.15) is 37.1 Å². The van der Waals surface area contributed by atoms with Gasteiger partial charge in [0.05, 0.1) is 16.8 Å². The number of halogens is 1. The van der Waals surface area contributed by atoms with Crippen molar-refractivity contribution < 1.29 is 4.79 Å². The van der Waals surface area contributed by atoms with Crippen LogP contribution in [0, 0.1) is 5.92 Å². The molecule has 2 unspecified atom stereocenters. The van der Waals surface area contributed by atoms with Gasteiger partial charge in [0.2, 0.25) is 5.91 Å². The van der Waals surface area contributed by atoms with Crippen molar-refractivity contribution in [2.24, 2.45) is 11.7 Å². The van der Waals surface area contributed by atoms with E-state index in [-0.39, 0.29) is 24.4 Å². The molecule has 1 aromatic carbocycles. The van der Waals surface area contributed by atoms with E-state index >= 15 is 0 Å². The van der Waals surface area contributed by atoms with E-state index in [0.29, 0.717) is 18.9 Å². The Hall–Kier alpha value is -1.17. The van der Waals surface area contributed by atoms with Crippen molar-refractivity contribution in [1.29, 1.82) is 0 Å². The maximum Gasteiger partial charge on any atom is 0.220 e. The lowest BCUT2D eigenvalue weighted by Crippen LogP contribution is -2.36. The van der Waals surface area contributed by atoms with Gasteiger partial charge in [-0.25, -0.2) is 4.98 Å². The standard InChI is InChI=1S/C16H21N3OS.ClH/c17-12-6-2-1-5-11(12)9-15(20)18-10-16-19-13-7-3-4-8-14(13)21-16;/h3-4,7-8,11-12H,1-2,5-6,9-10,17H2,(H,18,20);1H. The highest BCUT2D eigenvalue weighted by atomic mass is 35.5. The number of nitrogens with two attached hydrogens (primary N) is 1. The number of thiazole rings is 1. The summed E-state index contributed by atoms with van der Waals surface area (Å²) in [6, 6.07) is 8.23. The van der Waals surface area contributed by atoms with Crippen LogP contribution in [-0.2, 0) is 11.3 Å². The zero-order valence-electron chi connectivity index (χ0n) is 12.5. The largest absolute Gasteiger partial charge is 0.350 e. The third-order valence-electron chi connectivity index (χ3n) is 4.19. The van der Waals surface area contributed by atoms with E-state index in [1.54, 1.807) is 11.3 Å². The van der Waals surface area contributed by atoms with E-state index in [2.05, 4.69) is 16.4 Å². The average molecular weight is 340 g/mol. The van der Waals surface area contributed by atoms with Crippen molar-refractivity contribution in [2.75, 3.05) is 0 Å². The summed E-state index contributed by atoms with van der Waals surface area (Å²) in [5.41, 5.74) is 7.10. The Bertz CT molecular complexity index is 598. The molecule has 2 atom stereocenters. The first-order valence-electron chi connectivity index (χ1n) is 7.59. The number of benzene rings is 1. The number of hydrogen-bond acceptors (Lipinski definition) is 4. The van der Waals surface area contributed by atoms with Gasteiger partial charge in [0.25, 0.3) is 0 Å². The summed E-state index contributed by atoms with van der Waals surface area (Å²) in [7, 11) is 0. The molecule has 120 valence electrons. The van der Waals surface area contributed by atoms with E-state index in [4.69, 9.17) is 5.73 Å². The van der Waals surface area contributed by atoms with Crippen molar-refractivity contribution in [2.45, 2.75) is 44.7 Å². The summed E-state index contributed by atoms with van der Waals surface area (Å²) in [6.45, 7) is 0.514. The van der Waals surface area contributed by atoms with Crippen molar-refractivity contribution in [3.63, 3.8) is 0 Å². The number of hydrogen-bond donors (Lipinski definition) is 2. The van der Waals surface area contributed by atoms with Gasteiger partial charge < -0.3 is 11.1 Å². The maximum absolute atomic E-state index is 12.1. The van der Waals surface area contributed by atoms with E-state index in [9.17, 15) is 4.79 Å². The Labute approximate surface area is 140 Å². The molecular weight excluding hydrogens is 318 g/mol.